The van der Waals surface area contributed by atoms with E-state index in [1.165, 1.54) is 22.6 Å². The van der Waals surface area contributed by atoms with Crippen LogP contribution in [-0.4, -0.2) is 86.4 Å². The molecule has 2 aliphatic rings. The van der Waals surface area contributed by atoms with E-state index < -0.39 is 27.6 Å². The third kappa shape index (κ3) is 9.40. The maximum absolute atomic E-state index is 13.0. The van der Waals surface area contributed by atoms with Gasteiger partial charge in [0.2, 0.25) is 21.8 Å². The molecule has 0 atom stereocenters. The molecule has 2 fully saturated rings. The number of aliphatic carboxylic acids is 1. The molecule has 16 heteroatoms. The highest BCUT2D eigenvalue weighted by molar-refractivity contribution is 7.89. The van der Waals surface area contributed by atoms with E-state index >= 15 is 0 Å². The highest BCUT2D eigenvalue weighted by atomic mass is 32.2. The van der Waals surface area contributed by atoms with Crippen molar-refractivity contribution in [1.82, 2.24) is 14.6 Å². The normalized spacial score (nSPS) is 19.0. The number of carbonyl (C=O) groups is 2. The zero-order valence-corrected chi connectivity index (χ0v) is 22.1. The van der Waals surface area contributed by atoms with Crippen molar-refractivity contribution >= 4 is 21.9 Å². The maximum Gasteiger partial charge on any atom is 0.490 e. The van der Waals surface area contributed by atoms with Crippen LogP contribution < -0.4 is 15.8 Å². The Morgan fingerprint density at radius 3 is 2.33 bits per heavy atom. The molecule has 4 N–H and O–H groups in total. The van der Waals surface area contributed by atoms with Crippen LogP contribution in [0, 0.1) is 5.41 Å². The highest BCUT2D eigenvalue weighted by Crippen LogP contribution is 2.34. The summed E-state index contributed by atoms with van der Waals surface area (Å²) in [5, 5.41) is 10.2. The summed E-state index contributed by atoms with van der Waals surface area (Å²) in [4.78, 5) is 25.8. The van der Waals surface area contributed by atoms with Crippen molar-refractivity contribution in [2.24, 2.45) is 11.1 Å². The topological polar surface area (TPSA) is 161 Å². The number of pyridine rings is 1. The van der Waals surface area contributed by atoms with Crippen LogP contribution in [-0.2, 0) is 24.3 Å². The molecule has 0 spiro atoms. The lowest BCUT2D eigenvalue weighted by atomic mass is 9.80. The Hall–Kier alpha value is -2.82. The molecule has 220 valence electrons. The molecule has 3 rings (SSSR count). The van der Waals surface area contributed by atoms with Gasteiger partial charge in [-0.15, -0.1) is 0 Å². The fourth-order valence-corrected chi connectivity index (χ4v) is 5.09. The van der Waals surface area contributed by atoms with E-state index in [1.54, 1.807) is 0 Å². The lowest BCUT2D eigenvalue weighted by Gasteiger charge is -2.38. The number of carbonyl (C=O) groups excluding carboxylic acids is 1. The summed E-state index contributed by atoms with van der Waals surface area (Å²) < 4.78 is 82.3. The minimum absolute atomic E-state index is 0.0178. The van der Waals surface area contributed by atoms with E-state index in [4.69, 9.17) is 25.1 Å². The Balaban J connectivity index is 0.000000673. The number of piperidine rings is 1. The van der Waals surface area contributed by atoms with Crippen molar-refractivity contribution < 1.29 is 50.1 Å². The fourth-order valence-electron chi connectivity index (χ4n) is 3.70. The fraction of sp³-hybridized carbons (Fsp3) is 0.609. The van der Waals surface area contributed by atoms with Crippen LogP contribution in [0.1, 0.15) is 32.6 Å². The van der Waals surface area contributed by atoms with Crippen LogP contribution in [0.4, 0.5) is 17.6 Å². The van der Waals surface area contributed by atoms with Crippen LogP contribution in [0.3, 0.4) is 0 Å². The summed E-state index contributed by atoms with van der Waals surface area (Å²) in [6.45, 7) is 3.63. The average Bonchev–Trinajstić information content (AvgIpc) is 2.90. The first kappa shape index (κ1) is 32.4. The Morgan fingerprint density at radius 1 is 1.28 bits per heavy atom. The number of alkyl halides is 3. The second-order valence-corrected chi connectivity index (χ2v) is 11.2. The molecule has 3 heterocycles. The molecule has 0 aromatic carbocycles. The molecule has 39 heavy (non-hydrogen) atoms. The minimum atomic E-state index is -5.08. The van der Waals surface area contributed by atoms with Gasteiger partial charge in [-0.05, 0) is 31.7 Å². The third-order valence-corrected chi connectivity index (χ3v) is 8.22. The molecule has 1 aromatic heterocycles. The number of sulfonamides is 1. The SMILES string of the molecule is CC1(C(=O)NC2CCOCC2)CCN(S(=O)(=O)c2ccc(OC/C(=C/F)CN)nc2)CC1.O=C(O)C(F)(F)F. The van der Waals surface area contributed by atoms with Crippen molar-refractivity contribution in [3.63, 3.8) is 0 Å². The highest BCUT2D eigenvalue weighted by Gasteiger charge is 2.41. The van der Waals surface area contributed by atoms with Crippen molar-refractivity contribution in [3.05, 3.63) is 30.2 Å². The second-order valence-electron chi connectivity index (χ2n) is 9.22. The van der Waals surface area contributed by atoms with E-state index in [0.29, 0.717) is 32.4 Å². The summed E-state index contributed by atoms with van der Waals surface area (Å²) in [6.07, 6.45) is -1.01. The average molecular weight is 585 g/mol. The number of hydrogen-bond donors (Lipinski definition) is 3. The zero-order chi connectivity index (χ0) is 29.3. The number of amides is 1. The summed E-state index contributed by atoms with van der Waals surface area (Å²) in [7, 11) is -3.75. The van der Waals surface area contributed by atoms with Crippen molar-refractivity contribution in [2.75, 3.05) is 39.5 Å². The lowest BCUT2D eigenvalue weighted by molar-refractivity contribution is -0.192. The summed E-state index contributed by atoms with van der Waals surface area (Å²) in [5.41, 5.74) is 5.03. The molecule has 1 amide bonds. The van der Waals surface area contributed by atoms with Gasteiger partial charge in [0.1, 0.15) is 11.5 Å². The number of aromatic nitrogens is 1. The molecule has 2 saturated heterocycles. The number of halogens is 4. The number of nitrogens with two attached hydrogens (primary N) is 1. The lowest BCUT2D eigenvalue weighted by Crippen LogP contribution is -2.51. The Kier molecular flexibility index (Phi) is 11.6. The van der Waals surface area contributed by atoms with E-state index in [-0.39, 0.29) is 54.5 Å². The van der Waals surface area contributed by atoms with E-state index in [9.17, 15) is 30.8 Å². The van der Waals surface area contributed by atoms with Crippen LogP contribution in [0.15, 0.2) is 35.1 Å². The summed E-state index contributed by atoms with van der Waals surface area (Å²) in [6, 6.07) is 2.95. The quantitative estimate of drug-likeness (QED) is 0.388. The smallest absolute Gasteiger partial charge is 0.475 e. The molecule has 0 bridgehead atoms. The van der Waals surface area contributed by atoms with Gasteiger partial charge in [0.25, 0.3) is 0 Å². The van der Waals surface area contributed by atoms with Crippen molar-refractivity contribution in [2.45, 2.75) is 49.7 Å². The van der Waals surface area contributed by atoms with Gasteiger partial charge >= 0.3 is 12.1 Å². The Bertz CT molecular complexity index is 1100. The number of hydrogen-bond acceptors (Lipinski definition) is 8. The number of nitrogens with zero attached hydrogens (tertiary/aromatic N) is 2. The van der Waals surface area contributed by atoms with Gasteiger partial charge in [-0.2, -0.15) is 17.5 Å². The predicted molar refractivity (Wildman–Crippen MR) is 130 cm³/mol. The van der Waals surface area contributed by atoms with Crippen LogP contribution in [0.25, 0.3) is 0 Å². The van der Waals surface area contributed by atoms with Crippen molar-refractivity contribution in [1.29, 1.82) is 0 Å². The first-order valence-electron chi connectivity index (χ1n) is 12.0. The summed E-state index contributed by atoms with van der Waals surface area (Å²) in [5.74, 6) is -2.61. The van der Waals surface area contributed by atoms with Crippen LogP contribution in [0.5, 0.6) is 5.88 Å². The Morgan fingerprint density at radius 2 is 1.87 bits per heavy atom. The summed E-state index contributed by atoms with van der Waals surface area (Å²) >= 11 is 0. The van der Waals surface area contributed by atoms with Gasteiger partial charge in [-0.1, -0.05) is 6.92 Å². The predicted octanol–water partition coefficient (Wildman–Crippen LogP) is 1.99. The number of rotatable bonds is 8. The second kappa shape index (κ2) is 14.0. The zero-order valence-electron chi connectivity index (χ0n) is 21.2. The van der Waals surface area contributed by atoms with E-state index in [2.05, 4.69) is 10.3 Å². The number of ether oxygens (including phenoxy) is 2. The number of carboxylic acids is 1. The molecule has 0 radical (unpaired) electrons. The molecular formula is C23H32F4N4O7S. The standard InChI is InChI=1S/C21H31FN4O5S.C2HF3O2/c1-21(20(27)25-17-4-10-30-11-5-17)6-8-26(9-7-21)32(28,29)18-2-3-19(24-14-18)31-15-16(12-22)13-23;3-2(4,5)1(6)7/h2-3,12,14,17H,4-11,13,15,23H2,1H3,(H,25,27);(H,6,7)/b16-12+;. The van der Waals surface area contributed by atoms with Gasteiger partial charge in [0.15, 0.2) is 0 Å². The minimum Gasteiger partial charge on any atom is -0.475 e. The molecule has 0 unspecified atom stereocenters. The maximum atomic E-state index is 13.0. The monoisotopic (exact) mass is 584 g/mol. The largest absolute Gasteiger partial charge is 0.490 e. The van der Waals surface area contributed by atoms with Gasteiger partial charge in [0, 0.05) is 55.9 Å². The van der Waals surface area contributed by atoms with Gasteiger partial charge in [-0.25, -0.2) is 22.6 Å². The molecule has 11 nitrogen and oxygen atoms in total. The van der Waals surface area contributed by atoms with E-state index in [0.717, 1.165) is 12.8 Å². The van der Waals surface area contributed by atoms with Crippen LogP contribution >= 0.6 is 0 Å². The first-order valence-corrected chi connectivity index (χ1v) is 13.4. The van der Waals surface area contributed by atoms with Gasteiger partial charge in [-0.3, -0.25) is 4.79 Å². The molecule has 0 saturated carbocycles. The molecule has 2 aliphatic heterocycles. The van der Waals surface area contributed by atoms with Gasteiger partial charge in [0.05, 0.1) is 12.5 Å². The van der Waals surface area contributed by atoms with E-state index in [1.807, 2.05) is 6.92 Å². The third-order valence-electron chi connectivity index (χ3n) is 6.34. The first-order chi connectivity index (χ1) is 18.2. The van der Waals surface area contributed by atoms with Crippen LogP contribution in [0.2, 0.25) is 0 Å². The van der Waals surface area contributed by atoms with Gasteiger partial charge < -0.3 is 25.6 Å². The Labute approximate surface area is 223 Å². The van der Waals surface area contributed by atoms with Crippen molar-refractivity contribution in [3.8, 4) is 5.88 Å². The molecular weight excluding hydrogens is 552 g/mol. The number of nitrogens with one attached hydrogen (secondary N) is 1. The number of carboxylic acid groups (broad SMARTS) is 1. The molecule has 0 aliphatic carbocycles. The molecule has 1 aromatic rings.